The molecule has 1 amide bonds. The minimum absolute atomic E-state index is 0.0911. The monoisotopic (exact) mass is 303 g/mol. The third kappa shape index (κ3) is 2.79. The number of nitrogens with zero attached hydrogens (tertiary/aromatic N) is 2. The van der Waals surface area contributed by atoms with Gasteiger partial charge in [-0.05, 0) is 30.3 Å². The van der Waals surface area contributed by atoms with Gasteiger partial charge in [-0.2, -0.15) is 0 Å². The van der Waals surface area contributed by atoms with Crippen LogP contribution in [0, 0.1) is 5.92 Å². The first kappa shape index (κ1) is 12.0. The van der Waals surface area contributed by atoms with Gasteiger partial charge in [0.05, 0.1) is 0 Å². The Hall–Kier alpha value is -0.490. The average molecular weight is 304 g/mol. The number of carbonyl (C=O) groups is 1. The van der Waals surface area contributed by atoms with Crippen LogP contribution in [0.3, 0.4) is 0 Å². The van der Waals surface area contributed by atoms with E-state index < -0.39 is 0 Å². The summed E-state index contributed by atoms with van der Waals surface area (Å²) in [6, 6.07) is 0.280. The van der Waals surface area contributed by atoms with E-state index in [1.54, 1.807) is 5.38 Å². The highest BCUT2D eigenvalue weighted by Gasteiger charge is 2.26. The van der Waals surface area contributed by atoms with Crippen molar-refractivity contribution in [3.63, 3.8) is 0 Å². The molecule has 0 aliphatic heterocycles. The molecule has 1 aromatic rings. The first-order valence-electron chi connectivity index (χ1n) is 5.45. The number of aromatic nitrogens is 2. The quantitative estimate of drug-likeness (QED) is 0.871. The molecule has 2 unspecified atom stereocenters. The molecule has 1 aliphatic carbocycles. The minimum Gasteiger partial charge on any atom is -0.348 e. The Morgan fingerprint density at radius 1 is 1.56 bits per heavy atom. The van der Waals surface area contributed by atoms with E-state index in [1.165, 1.54) is 30.8 Å². The first-order valence-corrected chi connectivity index (χ1v) is 7.41. The summed E-state index contributed by atoms with van der Waals surface area (Å²) in [6.45, 7) is 0. The van der Waals surface area contributed by atoms with Crippen molar-refractivity contribution >= 4 is 33.4 Å². The van der Waals surface area contributed by atoms with Gasteiger partial charge >= 0.3 is 0 Å². The van der Waals surface area contributed by atoms with E-state index in [2.05, 4.69) is 30.8 Å². The largest absolute Gasteiger partial charge is 0.348 e. The maximum absolute atomic E-state index is 11.8. The van der Waals surface area contributed by atoms with Gasteiger partial charge in [0.25, 0.3) is 5.91 Å². The van der Waals surface area contributed by atoms with E-state index >= 15 is 0 Å². The summed E-state index contributed by atoms with van der Waals surface area (Å²) >= 11 is 4.72. The Morgan fingerprint density at radius 2 is 2.38 bits per heavy atom. The van der Waals surface area contributed by atoms with Crippen molar-refractivity contribution in [3.8, 4) is 0 Å². The Morgan fingerprint density at radius 3 is 3.06 bits per heavy atom. The lowest BCUT2D eigenvalue weighted by molar-refractivity contribution is 0.0906. The van der Waals surface area contributed by atoms with Gasteiger partial charge in [-0.3, -0.25) is 4.79 Å². The normalized spacial score (nSPS) is 25.3. The SMILES string of the molecule is O=C(NC1CCCCC1CBr)c1csnn1. The molecule has 2 atom stereocenters. The lowest BCUT2D eigenvalue weighted by Gasteiger charge is -2.30. The number of hydrogen-bond donors (Lipinski definition) is 1. The van der Waals surface area contributed by atoms with Crippen LogP contribution in [0.5, 0.6) is 0 Å². The zero-order valence-corrected chi connectivity index (χ0v) is 11.3. The molecule has 6 heteroatoms. The van der Waals surface area contributed by atoms with Gasteiger partial charge in [0.2, 0.25) is 0 Å². The molecule has 0 radical (unpaired) electrons. The lowest BCUT2D eigenvalue weighted by Crippen LogP contribution is -2.42. The van der Waals surface area contributed by atoms with Crippen molar-refractivity contribution in [3.05, 3.63) is 11.1 Å². The fraction of sp³-hybridized carbons (Fsp3) is 0.700. The number of carbonyl (C=O) groups excluding carboxylic acids is 1. The second kappa shape index (κ2) is 5.72. The zero-order valence-electron chi connectivity index (χ0n) is 8.86. The zero-order chi connectivity index (χ0) is 11.4. The molecule has 88 valence electrons. The fourth-order valence-electron chi connectivity index (χ4n) is 2.09. The topological polar surface area (TPSA) is 54.9 Å². The summed E-state index contributed by atoms with van der Waals surface area (Å²) in [5.74, 6) is 0.455. The molecular formula is C10H14BrN3OS. The molecular weight excluding hydrogens is 290 g/mol. The second-order valence-corrected chi connectivity index (χ2v) is 5.33. The highest BCUT2D eigenvalue weighted by atomic mass is 79.9. The van der Waals surface area contributed by atoms with Gasteiger partial charge in [-0.15, -0.1) is 5.10 Å². The molecule has 16 heavy (non-hydrogen) atoms. The van der Waals surface area contributed by atoms with Crippen molar-refractivity contribution < 1.29 is 4.79 Å². The predicted octanol–water partition coefficient (Wildman–Crippen LogP) is 2.22. The molecule has 0 bridgehead atoms. The molecule has 1 aromatic heterocycles. The maximum Gasteiger partial charge on any atom is 0.272 e. The van der Waals surface area contributed by atoms with Crippen LogP contribution in [-0.4, -0.2) is 26.9 Å². The third-order valence-electron chi connectivity index (χ3n) is 3.02. The molecule has 1 N–H and O–H groups in total. The van der Waals surface area contributed by atoms with Crippen LogP contribution in [0.1, 0.15) is 36.2 Å². The molecule has 0 aromatic carbocycles. The summed E-state index contributed by atoms with van der Waals surface area (Å²) in [4.78, 5) is 11.8. The van der Waals surface area contributed by atoms with E-state index in [0.717, 1.165) is 11.8 Å². The number of hydrogen-bond acceptors (Lipinski definition) is 4. The van der Waals surface area contributed by atoms with Crippen molar-refractivity contribution in [1.82, 2.24) is 14.9 Å². The summed E-state index contributed by atoms with van der Waals surface area (Å²) < 4.78 is 3.70. The van der Waals surface area contributed by atoms with Gasteiger partial charge in [0.1, 0.15) is 0 Å². The van der Waals surface area contributed by atoms with Crippen molar-refractivity contribution in [2.75, 3.05) is 5.33 Å². The third-order valence-corrected chi connectivity index (χ3v) is 4.35. The standard InChI is InChI=1S/C10H14BrN3OS/c11-5-7-3-1-2-4-8(7)12-10(15)9-6-16-14-13-9/h6-8H,1-5H2,(H,12,15). The van der Waals surface area contributed by atoms with E-state index in [1.807, 2.05) is 0 Å². The Kier molecular flexibility index (Phi) is 4.29. The van der Waals surface area contributed by atoms with Crippen molar-refractivity contribution in [1.29, 1.82) is 0 Å². The second-order valence-electron chi connectivity index (χ2n) is 4.07. The number of amides is 1. The van der Waals surface area contributed by atoms with E-state index in [0.29, 0.717) is 11.6 Å². The van der Waals surface area contributed by atoms with Gasteiger partial charge in [0, 0.05) is 16.8 Å². The lowest BCUT2D eigenvalue weighted by atomic mass is 9.86. The van der Waals surface area contributed by atoms with Crippen LogP contribution in [-0.2, 0) is 0 Å². The number of halogens is 1. The first-order chi connectivity index (χ1) is 7.81. The summed E-state index contributed by atoms with van der Waals surface area (Å²) in [6.07, 6.45) is 4.72. The molecule has 1 heterocycles. The van der Waals surface area contributed by atoms with Crippen LogP contribution in [0.4, 0.5) is 0 Å². The predicted molar refractivity (Wildman–Crippen MR) is 66.9 cm³/mol. The van der Waals surface area contributed by atoms with Gasteiger partial charge in [-0.25, -0.2) is 0 Å². The van der Waals surface area contributed by atoms with E-state index in [9.17, 15) is 4.79 Å². The summed E-state index contributed by atoms with van der Waals surface area (Å²) in [5, 5.41) is 9.47. The number of rotatable bonds is 3. The minimum atomic E-state index is -0.0911. The van der Waals surface area contributed by atoms with Crippen LogP contribution >= 0.6 is 27.5 Å². The molecule has 0 spiro atoms. The number of alkyl halides is 1. The van der Waals surface area contributed by atoms with Crippen LogP contribution in [0.2, 0.25) is 0 Å². The molecule has 2 rings (SSSR count). The summed E-state index contributed by atoms with van der Waals surface area (Å²) in [7, 11) is 0. The van der Waals surface area contributed by atoms with Crippen LogP contribution < -0.4 is 5.32 Å². The van der Waals surface area contributed by atoms with Gasteiger partial charge in [-0.1, -0.05) is 33.3 Å². The fourth-order valence-corrected chi connectivity index (χ4v) is 3.30. The Labute approximate surface area is 107 Å². The summed E-state index contributed by atoms with van der Waals surface area (Å²) in [5.41, 5.74) is 0.434. The van der Waals surface area contributed by atoms with Gasteiger partial charge < -0.3 is 5.32 Å². The average Bonchev–Trinajstić information content (AvgIpc) is 2.83. The van der Waals surface area contributed by atoms with E-state index in [4.69, 9.17) is 0 Å². The van der Waals surface area contributed by atoms with Crippen LogP contribution in [0.15, 0.2) is 5.38 Å². The van der Waals surface area contributed by atoms with Crippen molar-refractivity contribution in [2.24, 2.45) is 5.92 Å². The molecule has 0 saturated heterocycles. The highest BCUT2D eigenvalue weighted by Crippen LogP contribution is 2.26. The number of nitrogens with one attached hydrogen (secondary N) is 1. The van der Waals surface area contributed by atoms with Crippen LogP contribution in [0.25, 0.3) is 0 Å². The van der Waals surface area contributed by atoms with Crippen molar-refractivity contribution in [2.45, 2.75) is 31.7 Å². The molecule has 1 aliphatic rings. The van der Waals surface area contributed by atoms with E-state index in [-0.39, 0.29) is 11.9 Å². The smallest absolute Gasteiger partial charge is 0.272 e. The van der Waals surface area contributed by atoms with Gasteiger partial charge in [0.15, 0.2) is 5.69 Å². The highest BCUT2D eigenvalue weighted by molar-refractivity contribution is 9.09. The Bertz CT molecular complexity index is 344. The molecule has 1 fully saturated rings. The Balaban J connectivity index is 1.95. The molecule has 1 saturated carbocycles. The maximum atomic E-state index is 11.8. The molecule has 4 nitrogen and oxygen atoms in total.